The van der Waals surface area contributed by atoms with Crippen LogP contribution in [0.15, 0.2) is 6.07 Å². The van der Waals surface area contributed by atoms with Gasteiger partial charge in [-0.05, 0) is 19.9 Å². The molecule has 0 saturated carbocycles. The topological polar surface area (TPSA) is 86.2 Å². The van der Waals surface area contributed by atoms with Crippen LogP contribution < -0.4 is 0 Å². The summed E-state index contributed by atoms with van der Waals surface area (Å²) >= 11 is 0.925. The maximum absolute atomic E-state index is 12.8. The van der Waals surface area contributed by atoms with Crippen molar-refractivity contribution in [2.45, 2.75) is 20.0 Å². The largest absolute Gasteiger partial charge is 0.453 e. The van der Waals surface area contributed by atoms with Crippen LogP contribution in [0.3, 0.4) is 0 Å². The number of aryl methyl sites for hydroxylation is 2. The summed E-state index contributed by atoms with van der Waals surface area (Å²) in [6, 6.07) is 1.83. The van der Waals surface area contributed by atoms with Crippen molar-refractivity contribution in [1.29, 1.82) is 0 Å². The van der Waals surface area contributed by atoms with Crippen LogP contribution in [-0.4, -0.2) is 39.4 Å². The number of halogens is 3. The van der Waals surface area contributed by atoms with Crippen LogP contribution in [0, 0.1) is 13.8 Å². The second kappa shape index (κ2) is 4.44. The first-order valence-corrected chi connectivity index (χ1v) is 7.15. The molecular weight excluding hydrogens is 333 g/mol. The third-order valence-corrected chi connectivity index (χ3v) is 3.95. The molecule has 0 amide bonds. The summed E-state index contributed by atoms with van der Waals surface area (Å²) in [5.41, 5.74) is 1.58. The molecule has 0 aliphatic rings. The molecule has 0 bridgehead atoms. The van der Waals surface area contributed by atoms with Gasteiger partial charge in [0.25, 0.3) is 11.6 Å². The molecule has 0 atom stereocenters. The molecule has 0 radical (unpaired) electrons. The fourth-order valence-electron chi connectivity index (χ4n) is 2.14. The maximum Gasteiger partial charge on any atom is 0.453 e. The van der Waals surface area contributed by atoms with Gasteiger partial charge in [0.2, 0.25) is 10.8 Å². The Kier molecular flexibility index (Phi) is 2.70. The number of alkyl halides is 3. The zero-order chi connectivity index (χ0) is 16.4. The molecular formula is C11H7F3N8S. The second-order valence-electron chi connectivity index (χ2n) is 4.81. The Balaban J connectivity index is 1.89. The van der Waals surface area contributed by atoms with Crippen LogP contribution in [0.5, 0.6) is 0 Å². The van der Waals surface area contributed by atoms with E-state index >= 15 is 0 Å². The summed E-state index contributed by atoms with van der Waals surface area (Å²) < 4.78 is 40.6. The predicted molar refractivity (Wildman–Crippen MR) is 72.9 cm³/mol. The molecule has 8 nitrogen and oxygen atoms in total. The summed E-state index contributed by atoms with van der Waals surface area (Å²) in [6.45, 7) is 3.65. The number of aromatic nitrogens is 8. The zero-order valence-corrected chi connectivity index (χ0v) is 12.5. The molecule has 23 heavy (non-hydrogen) atoms. The fourth-order valence-corrected chi connectivity index (χ4v) is 2.91. The first-order chi connectivity index (χ1) is 10.8. The fraction of sp³-hybridized carbons (Fsp3) is 0.273. The highest BCUT2D eigenvalue weighted by Gasteiger charge is 2.38. The van der Waals surface area contributed by atoms with Crippen LogP contribution in [0.4, 0.5) is 13.2 Å². The Bertz CT molecular complexity index is 1040. The lowest BCUT2D eigenvalue weighted by atomic mass is 10.4. The van der Waals surface area contributed by atoms with Gasteiger partial charge in [0.1, 0.15) is 0 Å². The van der Waals surface area contributed by atoms with E-state index in [2.05, 4.69) is 30.4 Å². The molecule has 0 saturated heterocycles. The first kappa shape index (κ1) is 14.0. The van der Waals surface area contributed by atoms with Crippen molar-refractivity contribution >= 4 is 22.1 Å². The number of hydrogen-bond acceptors (Lipinski definition) is 7. The van der Waals surface area contributed by atoms with Crippen molar-refractivity contribution in [2.75, 3.05) is 0 Å². The van der Waals surface area contributed by atoms with Gasteiger partial charge in [0.15, 0.2) is 5.01 Å². The minimum Gasteiger partial charge on any atom is -0.216 e. The molecule has 0 unspecified atom stereocenters. The monoisotopic (exact) mass is 340 g/mol. The Hall–Kier alpha value is -2.63. The van der Waals surface area contributed by atoms with E-state index in [-0.39, 0.29) is 15.8 Å². The average Bonchev–Trinajstić information content (AvgIpc) is 3.07. The van der Waals surface area contributed by atoms with E-state index < -0.39 is 12.0 Å². The minimum absolute atomic E-state index is 0.0204. The lowest BCUT2D eigenvalue weighted by Gasteiger charge is -1.99. The molecule has 4 heterocycles. The molecule has 0 aromatic carbocycles. The normalized spacial score (nSPS) is 12.6. The van der Waals surface area contributed by atoms with Crippen molar-refractivity contribution < 1.29 is 13.2 Å². The molecule has 12 heteroatoms. The molecule has 0 spiro atoms. The van der Waals surface area contributed by atoms with E-state index in [1.54, 1.807) is 0 Å². The maximum atomic E-state index is 12.8. The first-order valence-electron chi connectivity index (χ1n) is 6.34. The lowest BCUT2D eigenvalue weighted by Crippen LogP contribution is -2.11. The SMILES string of the molecule is Cc1cc(C)n2nc(-c3nn4c(C(F)(F)F)nnc4s3)nc2n1. The van der Waals surface area contributed by atoms with Crippen LogP contribution >= 0.6 is 11.3 Å². The molecule has 4 rings (SSSR count). The van der Waals surface area contributed by atoms with E-state index in [1.807, 2.05) is 19.9 Å². The van der Waals surface area contributed by atoms with Crippen molar-refractivity contribution in [3.8, 4) is 10.8 Å². The van der Waals surface area contributed by atoms with Crippen molar-refractivity contribution in [3.05, 3.63) is 23.3 Å². The van der Waals surface area contributed by atoms with Gasteiger partial charge in [0, 0.05) is 11.4 Å². The van der Waals surface area contributed by atoms with Crippen LogP contribution in [0.2, 0.25) is 0 Å². The minimum atomic E-state index is -4.63. The molecule has 0 aliphatic carbocycles. The highest BCUT2D eigenvalue weighted by Crippen LogP contribution is 2.30. The van der Waals surface area contributed by atoms with Gasteiger partial charge in [-0.2, -0.15) is 22.7 Å². The average molecular weight is 340 g/mol. The van der Waals surface area contributed by atoms with E-state index in [0.717, 1.165) is 22.7 Å². The van der Waals surface area contributed by atoms with Gasteiger partial charge in [-0.15, -0.1) is 20.4 Å². The van der Waals surface area contributed by atoms with Crippen LogP contribution in [0.1, 0.15) is 17.2 Å². The summed E-state index contributed by atoms with van der Waals surface area (Å²) in [4.78, 5) is 8.47. The van der Waals surface area contributed by atoms with E-state index in [4.69, 9.17) is 0 Å². The standard InChI is InChI=1S/C11H7F3N8S/c1-4-3-5(2)21-9(15-4)16-6(19-21)7-20-22-8(11(12,13)14)17-18-10(22)23-7/h3H,1-2H3. The van der Waals surface area contributed by atoms with Crippen molar-refractivity contribution in [2.24, 2.45) is 0 Å². The molecule has 0 aliphatic heterocycles. The summed E-state index contributed by atoms with van der Waals surface area (Å²) in [5.74, 6) is -0.627. The Labute approximate surface area is 129 Å². The van der Waals surface area contributed by atoms with Crippen molar-refractivity contribution in [3.63, 3.8) is 0 Å². The number of nitrogens with zero attached hydrogens (tertiary/aromatic N) is 8. The van der Waals surface area contributed by atoms with Crippen LogP contribution in [0.25, 0.3) is 21.6 Å². The molecule has 0 N–H and O–H groups in total. The number of rotatable bonds is 1. The van der Waals surface area contributed by atoms with Crippen LogP contribution in [-0.2, 0) is 6.18 Å². The smallest absolute Gasteiger partial charge is 0.216 e. The van der Waals surface area contributed by atoms with Gasteiger partial charge in [-0.25, -0.2) is 9.50 Å². The van der Waals surface area contributed by atoms with Gasteiger partial charge in [-0.1, -0.05) is 11.3 Å². The zero-order valence-electron chi connectivity index (χ0n) is 11.7. The van der Waals surface area contributed by atoms with Gasteiger partial charge >= 0.3 is 6.18 Å². The van der Waals surface area contributed by atoms with Crippen molar-refractivity contribution in [1.82, 2.24) is 39.4 Å². The van der Waals surface area contributed by atoms with Gasteiger partial charge in [-0.3, -0.25) is 0 Å². The second-order valence-corrected chi connectivity index (χ2v) is 5.77. The Morgan fingerprint density at radius 1 is 1.04 bits per heavy atom. The summed E-state index contributed by atoms with van der Waals surface area (Å²) in [5, 5.41) is 14.9. The highest BCUT2D eigenvalue weighted by molar-refractivity contribution is 7.19. The number of fused-ring (bicyclic) bond motifs is 2. The van der Waals surface area contributed by atoms with Gasteiger partial charge in [0.05, 0.1) is 0 Å². The predicted octanol–water partition coefficient (Wildman–Crippen LogP) is 1.93. The van der Waals surface area contributed by atoms with E-state index in [9.17, 15) is 13.2 Å². The highest BCUT2D eigenvalue weighted by atomic mass is 32.1. The third-order valence-electron chi connectivity index (χ3n) is 3.05. The third kappa shape index (κ3) is 2.13. The Morgan fingerprint density at radius 3 is 2.57 bits per heavy atom. The Morgan fingerprint density at radius 2 is 1.83 bits per heavy atom. The summed E-state index contributed by atoms with van der Waals surface area (Å²) in [6.07, 6.45) is -4.63. The van der Waals surface area contributed by atoms with E-state index in [1.165, 1.54) is 4.52 Å². The molecule has 118 valence electrons. The number of hydrogen-bond donors (Lipinski definition) is 0. The molecule has 4 aromatic heterocycles. The molecule has 0 fully saturated rings. The lowest BCUT2D eigenvalue weighted by molar-refractivity contribution is -0.146. The van der Waals surface area contributed by atoms with Gasteiger partial charge < -0.3 is 0 Å². The van der Waals surface area contributed by atoms with E-state index in [0.29, 0.717) is 10.3 Å². The molecule has 4 aromatic rings. The quantitative estimate of drug-likeness (QED) is 0.526. The summed E-state index contributed by atoms with van der Waals surface area (Å²) in [7, 11) is 0.